The zero-order valence-electron chi connectivity index (χ0n) is 13.4. The molecule has 1 aromatic heterocycles. The summed E-state index contributed by atoms with van der Waals surface area (Å²) in [4.78, 5) is 29.4. The third-order valence-corrected chi connectivity index (χ3v) is 4.57. The topological polar surface area (TPSA) is 82.5 Å². The predicted octanol–water partition coefficient (Wildman–Crippen LogP) is 3.27. The molecule has 0 unspecified atom stereocenters. The Morgan fingerprint density at radius 2 is 2.21 bits per heavy atom. The number of hydrogen-bond acceptors (Lipinski definition) is 5. The summed E-state index contributed by atoms with van der Waals surface area (Å²) >= 11 is 1.37. The van der Waals surface area contributed by atoms with Crippen LogP contribution in [-0.2, 0) is 4.79 Å². The van der Waals surface area contributed by atoms with Gasteiger partial charge in [0.15, 0.2) is 5.13 Å². The molecular weight excluding hydrogens is 326 g/mol. The molecular formula is C17H19N3O3S. The van der Waals surface area contributed by atoms with Crippen molar-refractivity contribution in [3.8, 4) is 0 Å². The van der Waals surface area contributed by atoms with Crippen LogP contribution in [0.25, 0.3) is 0 Å². The monoisotopic (exact) mass is 345 g/mol. The zero-order chi connectivity index (χ0) is 17.1. The molecule has 0 saturated heterocycles. The second kappa shape index (κ2) is 7.00. The van der Waals surface area contributed by atoms with Crippen LogP contribution in [0.4, 0.5) is 10.8 Å². The normalized spacial score (nSPS) is 13.5. The van der Waals surface area contributed by atoms with Crippen molar-refractivity contribution >= 4 is 34.0 Å². The van der Waals surface area contributed by atoms with Crippen molar-refractivity contribution in [2.75, 3.05) is 11.9 Å². The second-order valence-corrected chi connectivity index (χ2v) is 6.76. The van der Waals surface area contributed by atoms with Crippen molar-refractivity contribution < 1.29 is 14.7 Å². The highest BCUT2D eigenvalue weighted by Gasteiger charge is 2.34. The smallest absolute Gasteiger partial charge is 0.305 e. The van der Waals surface area contributed by atoms with Gasteiger partial charge in [0, 0.05) is 23.7 Å². The minimum Gasteiger partial charge on any atom is -0.481 e. The molecule has 1 amide bonds. The van der Waals surface area contributed by atoms with Crippen LogP contribution in [0.5, 0.6) is 0 Å². The van der Waals surface area contributed by atoms with Gasteiger partial charge in [0.25, 0.3) is 5.91 Å². The summed E-state index contributed by atoms with van der Waals surface area (Å²) in [6.07, 6.45) is 1.83. The summed E-state index contributed by atoms with van der Waals surface area (Å²) in [5.41, 5.74) is 2.43. The van der Waals surface area contributed by atoms with Gasteiger partial charge in [-0.15, -0.1) is 11.3 Å². The van der Waals surface area contributed by atoms with Crippen molar-refractivity contribution in [1.82, 2.24) is 9.88 Å². The number of aliphatic carboxylic acids is 1. The third kappa shape index (κ3) is 4.11. The van der Waals surface area contributed by atoms with Crippen LogP contribution in [0, 0.1) is 6.92 Å². The molecule has 24 heavy (non-hydrogen) atoms. The average molecular weight is 345 g/mol. The molecule has 0 atom stereocenters. The molecule has 2 aromatic rings. The van der Waals surface area contributed by atoms with Crippen LogP contribution in [0.3, 0.4) is 0 Å². The van der Waals surface area contributed by atoms with Gasteiger partial charge < -0.3 is 15.3 Å². The number of thiazole rings is 1. The van der Waals surface area contributed by atoms with Crippen LogP contribution in [0.15, 0.2) is 29.6 Å². The maximum absolute atomic E-state index is 12.6. The van der Waals surface area contributed by atoms with E-state index in [2.05, 4.69) is 10.3 Å². The molecule has 126 valence electrons. The summed E-state index contributed by atoms with van der Waals surface area (Å²) in [6, 6.07) is 8.08. The first-order chi connectivity index (χ1) is 11.5. The van der Waals surface area contributed by atoms with Crippen molar-refractivity contribution in [3.05, 3.63) is 40.9 Å². The maximum atomic E-state index is 12.6. The average Bonchev–Trinajstić information content (AvgIpc) is 3.26. The van der Waals surface area contributed by atoms with Crippen molar-refractivity contribution in [2.24, 2.45) is 0 Å². The number of anilines is 2. The van der Waals surface area contributed by atoms with E-state index in [0.717, 1.165) is 24.1 Å². The van der Waals surface area contributed by atoms with Gasteiger partial charge in [-0.1, -0.05) is 12.1 Å². The van der Waals surface area contributed by atoms with Gasteiger partial charge in [0.1, 0.15) is 5.69 Å². The van der Waals surface area contributed by atoms with Crippen molar-refractivity contribution in [3.63, 3.8) is 0 Å². The van der Waals surface area contributed by atoms with Gasteiger partial charge in [0.05, 0.1) is 6.42 Å². The second-order valence-electron chi connectivity index (χ2n) is 5.91. The highest BCUT2D eigenvalue weighted by atomic mass is 32.1. The quantitative estimate of drug-likeness (QED) is 0.805. The minimum absolute atomic E-state index is 0.0409. The summed E-state index contributed by atoms with van der Waals surface area (Å²) in [7, 11) is 0. The highest BCUT2D eigenvalue weighted by molar-refractivity contribution is 7.14. The molecule has 1 aromatic carbocycles. The Kier molecular flexibility index (Phi) is 4.80. The first-order valence-corrected chi connectivity index (χ1v) is 8.73. The fourth-order valence-corrected chi connectivity index (χ4v) is 3.18. The first-order valence-electron chi connectivity index (χ1n) is 7.85. The number of carbonyl (C=O) groups is 2. The number of aromatic nitrogens is 1. The SMILES string of the molecule is Cc1cccc(Nc2nc(C(=O)N(CCC(=O)O)C3CC3)cs2)c1. The van der Waals surface area contributed by atoms with E-state index in [1.54, 1.807) is 10.3 Å². The molecule has 7 heteroatoms. The Bertz CT molecular complexity index is 755. The van der Waals surface area contributed by atoms with E-state index in [-0.39, 0.29) is 24.9 Å². The maximum Gasteiger partial charge on any atom is 0.305 e. The van der Waals surface area contributed by atoms with E-state index in [4.69, 9.17) is 5.11 Å². The van der Waals surface area contributed by atoms with E-state index in [1.807, 2.05) is 31.2 Å². The largest absolute Gasteiger partial charge is 0.481 e. The Morgan fingerprint density at radius 3 is 2.88 bits per heavy atom. The summed E-state index contributed by atoms with van der Waals surface area (Å²) < 4.78 is 0. The summed E-state index contributed by atoms with van der Waals surface area (Å²) in [5.74, 6) is -1.08. The van der Waals surface area contributed by atoms with Crippen LogP contribution >= 0.6 is 11.3 Å². The molecule has 0 aliphatic heterocycles. The molecule has 0 radical (unpaired) electrons. The minimum atomic E-state index is -0.895. The van der Waals surface area contributed by atoms with Gasteiger partial charge in [0.2, 0.25) is 0 Å². The summed E-state index contributed by atoms with van der Waals surface area (Å²) in [5, 5.41) is 14.4. The number of aryl methyl sites for hydroxylation is 1. The lowest BCUT2D eigenvalue weighted by atomic mass is 10.2. The molecule has 1 saturated carbocycles. The Morgan fingerprint density at radius 1 is 1.42 bits per heavy atom. The lowest BCUT2D eigenvalue weighted by Crippen LogP contribution is -2.35. The third-order valence-electron chi connectivity index (χ3n) is 3.81. The highest BCUT2D eigenvalue weighted by Crippen LogP contribution is 2.29. The number of carboxylic acids is 1. The fraction of sp³-hybridized carbons (Fsp3) is 0.353. The molecule has 6 nitrogen and oxygen atoms in total. The molecule has 1 fully saturated rings. The van der Waals surface area contributed by atoms with Crippen molar-refractivity contribution in [2.45, 2.75) is 32.2 Å². The van der Waals surface area contributed by atoms with Crippen LogP contribution in [-0.4, -0.2) is 39.5 Å². The van der Waals surface area contributed by atoms with Gasteiger partial charge in [-0.05, 0) is 37.5 Å². The Balaban J connectivity index is 1.69. The van der Waals surface area contributed by atoms with E-state index < -0.39 is 5.97 Å². The molecule has 1 heterocycles. The predicted molar refractivity (Wildman–Crippen MR) is 92.9 cm³/mol. The number of hydrogen-bond donors (Lipinski definition) is 2. The van der Waals surface area contributed by atoms with E-state index in [9.17, 15) is 9.59 Å². The Labute approximate surface area is 144 Å². The first kappa shape index (κ1) is 16.4. The van der Waals surface area contributed by atoms with Gasteiger partial charge in [-0.3, -0.25) is 9.59 Å². The fourth-order valence-electron chi connectivity index (χ4n) is 2.48. The van der Waals surface area contributed by atoms with E-state index in [0.29, 0.717) is 10.8 Å². The van der Waals surface area contributed by atoms with Crippen molar-refractivity contribution in [1.29, 1.82) is 0 Å². The van der Waals surface area contributed by atoms with E-state index >= 15 is 0 Å². The van der Waals surface area contributed by atoms with Crippen LogP contribution in [0.1, 0.15) is 35.3 Å². The van der Waals surface area contributed by atoms with Gasteiger partial charge in [-0.2, -0.15) is 0 Å². The number of carboxylic acid groups (broad SMARTS) is 1. The number of amides is 1. The number of benzene rings is 1. The summed E-state index contributed by atoms with van der Waals surface area (Å²) in [6.45, 7) is 2.24. The number of rotatable bonds is 7. The molecule has 3 rings (SSSR count). The molecule has 0 bridgehead atoms. The number of carbonyl (C=O) groups excluding carboxylic acids is 1. The van der Waals surface area contributed by atoms with E-state index in [1.165, 1.54) is 11.3 Å². The van der Waals surface area contributed by atoms with Crippen LogP contribution < -0.4 is 5.32 Å². The molecule has 1 aliphatic rings. The number of nitrogens with zero attached hydrogens (tertiary/aromatic N) is 2. The number of nitrogens with one attached hydrogen (secondary N) is 1. The van der Waals surface area contributed by atoms with Gasteiger partial charge in [-0.25, -0.2) is 4.98 Å². The molecule has 1 aliphatic carbocycles. The zero-order valence-corrected chi connectivity index (χ0v) is 14.2. The molecule has 0 spiro atoms. The lowest BCUT2D eigenvalue weighted by Gasteiger charge is -2.20. The van der Waals surface area contributed by atoms with Gasteiger partial charge >= 0.3 is 5.97 Å². The van der Waals surface area contributed by atoms with Crippen LogP contribution in [0.2, 0.25) is 0 Å². The Hall–Kier alpha value is -2.41. The standard InChI is InChI=1S/C17H19N3O3S/c1-11-3-2-4-12(9-11)18-17-19-14(10-24-17)16(23)20(13-5-6-13)8-7-15(21)22/h2-4,9-10,13H,5-8H2,1H3,(H,18,19)(H,21,22). The molecule has 2 N–H and O–H groups in total. The lowest BCUT2D eigenvalue weighted by molar-refractivity contribution is -0.137.